The van der Waals surface area contributed by atoms with Gasteiger partial charge in [0.05, 0.1) is 0 Å². The van der Waals surface area contributed by atoms with Gasteiger partial charge in [0, 0.05) is 35.8 Å². The van der Waals surface area contributed by atoms with Gasteiger partial charge < -0.3 is 5.32 Å². The van der Waals surface area contributed by atoms with E-state index >= 15 is 0 Å². The Kier molecular flexibility index (Phi) is 5.78. The summed E-state index contributed by atoms with van der Waals surface area (Å²) in [5.74, 6) is -0.352. The second-order valence-electron chi connectivity index (χ2n) is 6.77. The summed E-state index contributed by atoms with van der Waals surface area (Å²) in [4.78, 5) is 25.9. The second kappa shape index (κ2) is 8.23. The van der Waals surface area contributed by atoms with Crippen LogP contribution in [-0.2, 0) is 6.54 Å². The van der Waals surface area contributed by atoms with Gasteiger partial charge in [-0.25, -0.2) is 4.39 Å². The molecule has 2 aromatic rings. The summed E-state index contributed by atoms with van der Waals surface area (Å²) >= 11 is 0. The standard InChI is InChI=1S/C21H23FN2O2/c1-15(25)16-8-10-17(11-9-16)21(26)23-19-6-4-12-24(14-19)13-18-5-2-3-7-20(18)22/h2-3,5,7-11,19H,4,6,12-14H2,1H3,(H,23,26)/t19-/m1/s1. The Bertz CT molecular complexity index is 789. The van der Waals surface area contributed by atoms with Gasteiger partial charge >= 0.3 is 0 Å². The van der Waals surface area contributed by atoms with E-state index < -0.39 is 0 Å². The Morgan fingerprint density at radius 1 is 1.12 bits per heavy atom. The molecule has 0 aliphatic carbocycles. The summed E-state index contributed by atoms with van der Waals surface area (Å²) in [5, 5.41) is 3.05. The number of hydrogen-bond acceptors (Lipinski definition) is 3. The van der Waals surface area contributed by atoms with E-state index in [4.69, 9.17) is 0 Å². The number of Topliss-reactive ketones (excluding diaryl/α,β-unsaturated/α-hetero) is 1. The minimum atomic E-state index is -0.191. The molecule has 0 bridgehead atoms. The zero-order valence-electron chi connectivity index (χ0n) is 14.9. The number of halogens is 1. The number of piperidine rings is 1. The predicted octanol–water partition coefficient (Wildman–Crippen LogP) is 3.42. The van der Waals surface area contributed by atoms with E-state index in [9.17, 15) is 14.0 Å². The number of likely N-dealkylation sites (tertiary alicyclic amines) is 1. The minimum Gasteiger partial charge on any atom is -0.348 e. The molecule has 1 fully saturated rings. The van der Waals surface area contributed by atoms with Crippen molar-refractivity contribution in [2.45, 2.75) is 32.4 Å². The molecule has 1 aliphatic heterocycles. The Morgan fingerprint density at radius 3 is 2.50 bits per heavy atom. The minimum absolute atomic E-state index is 0.0203. The number of amides is 1. The van der Waals surface area contributed by atoms with E-state index in [-0.39, 0.29) is 23.5 Å². The van der Waals surface area contributed by atoms with Gasteiger partial charge in [0.15, 0.2) is 5.78 Å². The van der Waals surface area contributed by atoms with E-state index in [1.165, 1.54) is 13.0 Å². The van der Waals surface area contributed by atoms with Crippen molar-refractivity contribution in [2.24, 2.45) is 0 Å². The van der Waals surface area contributed by atoms with Crippen molar-refractivity contribution < 1.29 is 14.0 Å². The van der Waals surface area contributed by atoms with Gasteiger partial charge in [-0.15, -0.1) is 0 Å². The molecule has 2 aromatic carbocycles. The van der Waals surface area contributed by atoms with Gasteiger partial charge in [-0.05, 0) is 44.5 Å². The van der Waals surface area contributed by atoms with Gasteiger partial charge in [-0.3, -0.25) is 14.5 Å². The predicted molar refractivity (Wildman–Crippen MR) is 98.6 cm³/mol. The van der Waals surface area contributed by atoms with Crippen LogP contribution in [-0.4, -0.2) is 35.7 Å². The summed E-state index contributed by atoms with van der Waals surface area (Å²) in [7, 11) is 0. The highest BCUT2D eigenvalue weighted by Crippen LogP contribution is 2.16. The van der Waals surface area contributed by atoms with Crippen molar-refractivity contribution in [3.05, 3.63) is 71.0 Å². The molecule has 1 atom stereocenters. The average molecular weight is 354 g/mol. The van der Waals surface area contributed by atoms with Crippen LogP contribution >= 0.6 is 0 Å². The second-order valence-corrected chi connectivity index (χ2v) is 6.77. The maximum absolute atomic E-state index is 13.8. The Balaban J connectivity index is 1.58. The van der Waals surface area contributed by atoms with Crippen LogP contribution in [0.4, 0.5) is 4.39 Å². The lowest BCUT2D eigenvalue weighted by atomic mass is 10.0. The summed E-state index contributed by atoms with van der Waals surface area (Å²) in [6.45, 7) is 3.65. The normalized spacial score (nSPS) is 17.7. The van der Waals surface area contributed by atoms with E-state index in [0.717, 1.165) is 19.4 Å². The van der Waals surface area contributed by atoms with Crippen LogP contribution in [0.1, 0.15) is 46.0 Å². The summed E-state index contributed by atoms with van der Waals surface area (Å²) in [6, 6.07) is 13.5. The summed E-state index contributed by atoms with van der Waals surface area (Å²) in [5.41, 5.74) is 1.82. The van der Waals surface area contributed by atoms with Crippen LogP contribution in [0.15, 0.2) is 48.5 Å². The molecule has 1 amide bonds. The van der Waals surface area contributed by atoms with E-state index in [2.05, 4.69) is 10.2 Å². The van der Waals surface area contributed by atoms with Crippen LogP contribution in [0.2, 0.25) is 0 Å². The highest BCUT2D eigenvalue weighted by atomic mass is 19.1. The van der Waals surface area contributed by atoms with Crippen molar-refractivity contribution in [3.8, 4) is 0 Å². The first kappa shape index (κ1) is 18.3. The van der Waals surface area contributed by atoms with Crippen molar-refractivity contribution >= 4 is 11.7 Å². The maximum Gasteiger partial charge on any atom is 0.251 e. The average Bonchev–Trinajstić information content (AvgIpc) is 2.64. The van der Waals surface area contributed by atoms with Crippen LogP contribution in [0, 0.1) is 5.82 Å². The fourth-order valence-corrected chi connectivity index (χ4v) is 3.31. The zero-order chi connectivity index (χ0) is 18.5. The maximum atomic E-state index is 13.8. The van der Waals surface area contributed by atoms with Crippen LogP contribution in [0.25, 0.3) is 0 Å². The van der Waals surface area contributed by atoms with Crippen molar-refractivity contribution in [1.29, 1.82) is 0 Å². The molecule has 136 valence electrons. The molecule has 0 unspecified atom stereocenters. The monoisotopic (exact) mass is 354 g/mol. The third-order valence-electron chi connectivity index (χ3n) is 4.75. The summed E-state index contributed by atoms with van der Waals surface area (Å²) in [6.07, 6.45) is 1.87. The molecule has 1 heterocycles. The number of carbonyl (C=O) groups is 2. The Hall–Kier alpha value is -2.53. The quantitative estimate of drug-likeness (QED) is 0.837. The van der Waals surface area contributed by atoms with Gasteiger partial charge in [-0.2, -0.15) is 0 Å². The lowest BCUT2D eigenvalue weighted by Gasteiger charge is -2.33. The topological polar surface area (TPSA) is 49.4 Å². The highest BCUT2D eigenvalue weighted by Gasteiger charge is 2.22. The van der Waals surface area contributed by atoms with Crippen molar-refractivity contribution in [3.63, 3.8) is 0 Å². The van der Waals surface area contributed by atoms with Gasteiger partial charge in [0.2, 0.25) is 0 Å². The number of carbonyl (C=O) groups excluding carboxylic acids is 2. The SMILES string of the molecule is CC(=O)c1ccc(C(=O)N[C@@H]2CCCN(Cc3ccccc3F)C2)cc1. The zero-order valence-corrected chi connectivity index (χ0v) is 14.9. The smallest absolute Gasteiger partial charge is 0.251 e. The number of ketones is 1. The largest absolute Gasteiger partial charge is 0.348 e. The first-order valence-corrected chi connectivity index (χ1v) is 8.90. The fraction of sp³-hybridized carbons (Fsp3) is 0.333. The molecule has 4 nitrogen and oxygen atoms in total. The van der Waals surface area contributed by atoms with E-state index in [0.29, 0.717) is 29.8 Å². The third-order valence-corrected chi connectivity index (χ3v) is 4.75. The van der Waals surface area contributed by atoms with Crippen molar-refractivity contribution in [2.75, 3.05) is 13.1 Å². The molecule has 0 aromatic heterocycles. The van der Waals surface area contributed by atoms with Gasteiger partial charge in [0.25, 0.3) is 5.91 Å². The number of nitrogens with zero attached hydrogens (tertiary/aromatic N) is 1. The Morgan fingerprint density at radius 2 is 1.81 bits per heavy atom. The molecular formula is C21H23FN2O2. The number of benzene rings is 2. The first-order chi connectivity index (χ1) is 12.5. The van der Waals surface area contributed by atoms with Crippen LogP contribution in [0.5, 0.6) is 0 Å². The van der Waals surface area contributed by atoms with Gasteiger partial charge in [-0.1, -0.05) is 30.3 Å². The molecule has 26 heavy (non-hydrogen) atoms. The number of hydrogen-bond donors (Lipinski definition) is 1. The molecule has 5 heteroatoms. The molecule has 1 aliphatic rings. The third kappa shape index (κ3) is 4.55. The first-order valence-electron chi connectivity index (χ1n) is 8.90. The van der Waals surface area contributed by atoms with E-state index in [1.807, 2.05) is 6.07 Å². The lowest BCUT2D eigenvalue weighted by molar-refractivity contribution is 0.0899. The molecular weight excluding hydrogens is 331 g/mol. The molecule has 3 rings (SSSR count). The molecule has 0 saturated carbocycles. The molecule has 1 N–H and O–H groups in total. The number of rotatable bonds is 5. The van der Waals surface area contributed by atoms with Gasteiger partial charge in [0.1, 0.15) is 5.82 Å². The van der Waals surface area contributed by atoms with E-state index in [1.54, 1.807) is 36.4 Å². The fourth-order valence-electron chi connectivity index (χ4n) is 3.31. The summed E-state index contributed by atoms with van der Waals surface area (Å²) < 4.78 is 13.8. The number of nitrogens with one attached hydrogen (secondary N) is 1. The highest BCUT2D eigenvalue weighted by molar-refractivity contribution is 5.97. The molecule has 1 saturated heterocycles. The lowest BCUT2D eigenvalue weighted by Crippen LogP contribution is -2.47. The van der Waals surface area contributed by atoms with Crippen LogP contribution < -0.4 is 5.32 Å². The van der Waals surface area contributed by atoms with Crippen molar-refractivity contribution in [1.82, 2.24) is 10.2 Å². The molecule has 0 spiro atoms. The van der Waals surface area contributed by atoms with Crippen LogP contribution in [0.3, 0.4) is 0 Å². The molecule has 0 radical (unpaired) electrons. The Labute approximate surface area is 153 Å².